The monoisotopic (exact) mass is 330 g/mol. The molecule has 6 heteroatoms. The van der Waals surface area contributed by atoms with E-state index in [0.29, 0.717) is 0 Å². The summed E-state index contributed by atoms with van der Waals surface area (Å²) in [6, 6.07) is 2.03. The molecule has 98 valence electrons. The molecule has 2 rings (SSSR count). The van der Waals surface area contributed by atoms with Crippen LogP contribution in [0.4, 0.5) is 0 Å². The molecule has 2 aromatic rings. The minimum Gasteiger partial charge on any atom is -0.441 e. The van der Waals surface area contributed by atoms with Gasteiger partial charge in [-0.2, -0.15) is 0 Å². The van der Waals surface area contributed by atoms with Crippen LogP contribution >= 0.6 is 27.3 Å². The molecule has 0 atom stereocenters. The van der Waals surface area contributed by atoms with Crippen molar-refractivity contribution in [2.75, 3.05) is 26.8 Å². The van der Waals surface area contributed by atoms with Crippen molar-refractivity contribution in [2.45, 2.75) is 6.42 Å². The largest absolute Gasteiger partial charge is 0.441 e. The van der Waals surface area contributed by atoms with Gasteiger partial charge in [0.15, 0.2) is 11.7 Å². The lowest BCUT2D eigenvalue weighted by Gasteiger charge is -2.00. The summed E-state index contributed by atoms with van der Waals surface area (Å²) in [5.74, 6) is 1.58. The Morgan fingerprint density at radius 2 is 2.39 bits per heavy atom. The first-order valence-electron chi connectivity index (χ1n) is 5.68. The van der Waals surface area contributed by atoms with Gasteiger partial charge >= 0.3 is 0 Å². The number of aromatic nitrogens is 1. The van der Waals surface area contributed by atoms with Crippen molar-refractivity contribution in [2.24, 2.45) is 0 Å². The van der Waals surface area contributed by atoms with Gasteiger partial charge in [0.1, 0.15) is 0 Å². The molecule has 0 aliphatic rings. The summed E-state index contributed by atoms with van der Waals surface area (Å²) in [5, 5.41) is 5.30. The zero-order chi connectivity index (χ0) is 12.8. The summed E-state index contributed by atoms with van der Waals surface area (Å²) < 4.78 is 11.7. The van der Waals surface area contributed by atoms with Crippen molar-refractivity contribution in [3.8, 4) is 11.3 Å². The van der Waals surface area contributed by atoms with Gasteiger partial charge in [-0.3, -0.25) is 0 Å². The number of methoxy groups -OCH3 is 1. The third-order valence-electron chi connectivity index (χ3n) is 2.40. The number of halogens is 1. The van der Waals surface area contributed by atoms with Gasteiger partial charge in [0.25, 0.3) is 0 Å². The number of nitrogens with zero attached hydrogens (tertiary/aromatic N) is 1. The lowest BCUT2D eigenvalue weighted by molar-refractivity contribution is 0.199. The van der Waals surface area contributed by atoms with Crippen LogP contribution in [0.15, 0.2) is 25.8 Å². The van der Waals surface area contributed by atoms with E-state index in [1.54, 1.807) is 24.6 Å². The Hall–Kier alpha value is -0.690. The van der Waals surface area contributed by atoms with E-state index < -0.39 is 0 Å². The van der Waals surface area contributed by atoms with E-state index in [4.69, 9.17) is 9.15 Å². The highest BCUT2D eigenvalue weighted by molar-refractivity contribution is 9.11. The molecule has 0 bridgehead atoms. The SMILES string of the molecule is COCCNCCc1ncc(-c2csc(Br)c2)o1. The van der Waals surface area contributed by atoms with Crippen molar-refractivity contribution in [1.82, 2.24) is 10.3 Å². The Balaban J connectivity index is 1.83. The molecular weight excluding hydrogens is 316 g/mol. The molecule has 0 saturated carbocycles. The van der Waals surface area contributed by atoms with Crippen molar-refractivity contribution in [3.63, 3.8) is 0 Å². The number of ether oxygens (including phenoxy) is 1. The lowest BCUT2D eigenvalue weighted by Crippen LogP contribution is -2.21. The lowest BCUT2D eigenvalue weighted by atomic mass is 10.3. The number of nitrogens with one attached hydrogen (secondary N) is 1. The van der Waals surface area contributed by atoms with E-state index >= 15 is 0 Å². The topological polar surface area (TPSA) is 47.3 Å². The van der Waals surface area contributed by atoms with E-state index in [1.165, 1.54) is 0 Å². The fraction of sp³-hybridized carbons (Fsp3) is 0.417. The van der Waals surface area contributed by atoms with Crippen LogP contribution in [0.3, 0.4) is 0 Å². The molecule has 0 aliphatic heterocycles. The predicted molar refractivity (Wildman–Crippen MR) is 76.0 cm³/mol. The van der Waals surface area contributed by atoms with Gasteiger partial charge in [-0.05, 0) is 22.0 Å². The van der Waals surface area contributed by atoms with Crippen LogP contribution in [0.1, 0.15) is 5.89 Å². The smallest absolute Gasteiger partial charge is 0.196 e. The molecule has 0 spiro atoms. The zero-order valence-electron chi connectivity index (χ0n) is 10.1. The molecule has 0 unspecified atom stereocenters. The Kier molecular flexibility index (Phi) is 5.37. The Bertz CT molecular complexity index is 484. The number of rotatable bonds is 7. The van der Waals surface area contributed by atoms with Crippen LogP contribution in [-0.4, -0.2) is 31.8 Å². The van der Waals surface area contributed by atoms with Crippen molar-refractivity contribution >= 4 is 27.3 Å². The van der Waals surface area contributed by atoms with Crippen molar-refractivity contribution in [1.29, 1.82) is 0 Å². The molecule has 18 heavy (non-hydrogen) atoms. The quantitative estimate of drug-likeness (QED) is 0.793. The average molecular weight is 331 g/mol. The van der Waals surface area contributed by atoms with E-state index in [2.05, 4.69) is 26.2 Å². The number of oxazole rings is 1. The molecule has 0 amide bonds. The molecule has 0 fully saturated rings. The van der Waals surface area contributed by atoms with Crippen LogP contribution in [0, 0.1) is 0 Å². The molecule has 2 aromatic heterocycles. The highest BCUT2D eigenvalue weighted by atomic mass is 79.9. The van der Waals surface area contributed by atoms with Gasteiger partial charge in [0.2, 0.25) is 0 Å². The minimum absolute atomic E-state index is 0.722. The molecule has 0 radical (unpaired) electrons. The van der Waals surface area contributed by atoms with Crippen LogP contribution in [0.2, 0.25) is 0 Å². The van der Waals surface area contributed by atoms with Crippen molar-refractivity contribution < 1.29 is 9.15 Å². The maximum Gasteiger partial charge on any atom is 0.196 e. The standard InChI is InChI=1S/C12H15BrN2O2S/c1-16-5-4-14-3-2-12-15-7-10(17-12)9-6-11(13)18-8-9/h6-8,14H,2-5H2,1H3. The van der Waals surface area contributed by atoms with Gasteiger partial charge in [-0.1, -0.05) is 0 Å². The van der Waals surface area contributed by atoms with Crippen molar-refractivity contribution in [3.05, 3.63) is 27.3 Å². The van der Waals surface area contributed by atoms with Gasteiger partial charge in [0, 0.05) is 37.6 Å². The van der Waals surface area contributed by atoms with Gasteiger partial charge in [0.05, 0.1) is 16.6 Å². The molecule has 2 heterocycles. The molecule has 1 N–H and O–H groups in total. The van der Waals surface area contributed by atoms with Crippen LogP contribution in [0.5, 0.6) is 0 Å². The number of thiophene rings is 1. The second-order valence-corrected chi connectivity index (χ2v) is 6.04. The summed E-state index contributed by atoms with van der Waals surface area (Å²) in [6.45, 7) is 2.41. The highest BCUT2D eigenvalue weighted by Crippen LogP contribution is 2.29. The van der Waals surface area contributed by atoms with Crippen LogP contribution in [-0.2, 0) is 11.2 Å². The average Bonchev–Trinajstić information content (AvgIpc) is 2.97. The molecule has 4 nitrogen and oxygen atoms in total. The van der Waals surface area contributed by atoms with Crippen LogP contribution in [0.25, 0.3) is 11.3 Å². The van der Waals surface area contributed by atoms with Crippen LogP contribution < -0.4 is 5.32 Å². The second kappa shape index (κ2) is 7.04. The van der Waals surface area contributed by atoms with E-state index in [1.807, 2.05) is 11.4 Å². The molecule has 0 saturated heterocycles. The summed E-state index contributed by atoms with van der Waals surface area (Å²) >= 11 is 5.07. The first-order valence-corrected chi connectivity index (χ1v) is 7.35. The third kappa shape index (κ3) is 3.91. The van der Waals surface area contributed by atoms with Gasteiger partial charge < -0.3 is 14.5 Å². The number of hydrogen-bond donors (Lipinski definition) is 1. The summed E-state index contributed by atoms with van der Waals surface area (Å²) in [5.41, 5.74) is 1.07. The first kappa shape index (κ1) is 13.7. The Morgan fingerprint density at radius 1 is 1.50 bits per heavy atom. The third-order valence-corrected chi connectivity index (χ3v) is 3.91. The Morgan fingerprint density at radius 3 is 3.11 bits per heavy atom. The predicted octanol–water partition coefficient (Wildman–Crippen LogP) is 2.94. The summed E-state index contributed by atoms with van der Waals surface area (Å²) in [7, 11) is 1.70. The Labute approximate surface area is 118 Å². The van der Waals surface area contributed by atoms with E-state index in [0.717, 1.165) is 47.1 Å². The molecular formula is C12H15BrN2O2S. The maximum absolute atomic E-state index is 5.69. The van der Waals surface area contributed by atoms with Gasteiger partial charge in [-0.25, -0.2) is 4.98 Å². The van der Waals surface area contributed by atoms with Gasteiger partial charge in [-0.15, -0.1) is 11.3 Å². The minimum atomic E-state index is 0.722. The fourth-order valence-electron chi connectivity index (χ4n) is 1.49. The number of hydrogen-bond acceptors (Lipinski definition) is 5. The fourth-order valence-corrected chi connectivity index (χ4v) is 2.64. The maximum atomic E-state index is 5.69. The summed E-state index contributed by atoms with van der Waals surface area (Å²) in [6.07, 6.45) is 2.56. The second-order valence-electron chi connectivity index (χ2n) is 3.75. The first-order chi connectivity index (χ1) is 8.79. The molecule has 0 aliphatic carbocycles. The summed E-state index contributed by atoms with van der Waals surface area (Å²) in [4.78, 5) is 4.27. The molecule has 0 aromatic carbocycles. The van der Waals surface area contributed by atoms with E-state index in [9.17, 15) is 0 Å². The highest BCUT2D eigenvalue weighted by Gasteiger charge is 2.07. The van der Waals surface area contributed by atoms with E-state index in [-0.39, 0.29) is 0 Å². The normalized spacial score (nSPS) is 11.0. The zero-order valence-corrected chi connectivity index (χ0v) is 12.5.